The van der Waals surface area contributed by atoms with E-state index in [-0.39, 0.29) is 5.41 Å². The highest BCUT2D eigenvalue weighted by atomic mass is 16.1. The van der Waals surface area contributed by atoms with E-state index >= 15 is 0 Å². The fraction of sp³-hybridized carbons (Fsp3) is 0.889. The lowest BCUT2D eigenvalue weighted by Crippen LogP contribution is -2.23. The van der Waals surface area contributed by atoms with Gasteiger partial charge in [0.25, 0.3) is 0 Å². The summed E-state index contributed by atoms with van der Waals surface area (Å²) in [5.74, 6) is 1.33. The maximum atomic E-state index is 11.4. The topological polar surface area (TPSA) is 17.1 Å². The van der Waals surface area contributed by atoms with Gasteiger partial charge in [-0.1, -0.05) is 6.92 Å². The lowest BCUT2D eigenvalue weighted by Gasteiger charge is -2.22. The average Bonchev–Trinajstić information content (AvgIpc) is 2.44. The molecule has 0 spiro atoms. The molecule has 2 atom stereocenters. The summed E-state index contributed by atoms with van der Waals surface area (Å²) in [4.78, 5) is 11.4. The van der Waals surface area contributed by atoms with Crippen LogP contribution in [0.5, 0.6) is 0 Å². The van der Waals surface area contributed by atoms with E-state index in [0.29, 0.717) is 5.78 Å². The molecule has 1 heteroatoms. The molecule has 2 aliphatic carbocycles. The third-order valence-electron chi connectivity index (χ3n) is 3.45. The molecule has 2 saturated carbocycles. The van der Waals surface area contributed by atoms with Gasteiger partial charge in [0, 0.05) is 11.8 Å². The van der Waals surface area contributed by atoms with Gasteiger partial charge in [-0.05, 0) is 31.6 Å². The number of hydrogen-bond acceptors (Lipinski definition) is 1. The minimum atomic E-state index is 0.171. The zero-order chi connectivity index (χ0) is 7.19. The summed E-state index contributed by atoms with van der Waals surface area (Å²) in [6, 6.07) is 0. The zero-order valence-corrected chi connectivity index (χ0v) is 6.52. The first-order valence-electron chi connectivity index (χ1n) is 4.30. The van der Waals surface area contributed by atoms with Crippen LogP contribution in [0, 0.1) is 11.3 Å². The van der Waals surface area contributed by atoms with Crippen LogP contribution in [0.1, 0.15) is 39.0 Å². The number of carbonyl (C=O) groups is 1. The summed E-state index contributed by atoms with van der Waals surface area (Å²) in [5.41, 5.74) is 0.171. The van der Waals surface area contributed by atoms with Gasteiger partial charge in [-0.15, -0.1) is 0 Å². The SMILES string of the molecule is CCC12CCC(CC1=O)C2. The van der Waals surface area contributed by atoms with E-state index in [1.54, 1.807) is 0 Å². The lowest BCUT2D eigenvalue weighted by molar-refractivity contribution is -0.127. The van der Waals surface area contributed by atoms with Crippen LogP contribution >= 0.6 is 0 Å². The van der Waals surface area contributed by atoms with Crippen LogP contribution in [0.15, 0.2) is 0 Å². The number of fused-ring (bicyclic) bond motifs is 2. The highest BCUT2D eigenvalue weighted by Gasteiger charge is 2.49. The third kappa shape index (κ3) is 0.609. The van der Waals surface area contributed by atoms with Crippen LogP contribution in [0.3, 0.4) is 0 Å². The summed E-state index contributed by atoms with van der Waals surface area (Å²) in [6.07, 6.45) is 5.70. The molecule has 2 fully saturated rings. The number of hydrogen-bond donors (Lipinski definition) is 0. The van der Waals surface area contributed by atoms with Gasteiger partial charge in [-0.25, -0.2) is 0 Å². The Morgan fingerprint density at radius 1 is 1.70 bits per heavy atom. The first-order chi connectivity index (χ1) is 4.77. The highest BCUT2D eigenvalue weighted by Crippen LogP contribution is 2.53. The summed E-state index contributed by atoms with van der Waals surface area (Å²) in [7, 11) is 0. The Hall–Kier alpha value is -0.330. The summed E-state index contributed by atoms with van der Waals surface area (Å²) in [6.45, 7) is 2.16. The zero-order valence-electron chi connectivity index (χ0n) is 6.52. The van der Waals surface area contributed by atoms with Gasteiger partial charge in [-0.3, -0.25) is 4.79 Å². The summed E-state index contributed by atoms with van der Waals surface area (Å²) < 4.78 is 0. The Labute approximate surface area is 61.8 Å². The molecule has 2 aliphatic rings. The van der Waals surface area contributed by atoms with Crippen LogP contribution in [-0.2, 0) is 4.79 Å². The molecule has 2 unspecified atom stereocenters. The molecule has 0 aromatic heterocycles. The van der Waals surface area contributed by atoms with E-state index in [1.807, 2.05) is 0 Å². The largest absolute Gasteiger partial charge is 0.299 e. The van der Waals surface area contributed by atoms with Gasteiger partial charge >= 0.3 is 0 Å². The quantitative estimate of drug-likeness (QED) is 0.542. The van der Waals surface area contributed by atoms with E-state index in [0.717, 1.165) is 18.8 Å². The van der Waals surface area contributed by atoms with Crippen LogP contribution < -0.4 is 0 Å². The molecule has 0 radical (unpaired) electrons. The Balaban J connectivity index is 2.27. The maximum Gasteiger partial charge on any atom is 0.139 e. The fourth-order valence-electron chi connectivity index (χ4n) is 2.66. The summed E-state index contributed by atoms with van der Waals surface area (Å²) >= 11 is 0. The average molecular weight is 138 g/mol. The first kappa shape index (κ1) is 6.38. The molecular weight excluding hydrogens is 124 g/mol. The van der Waals surface area contributed by atoms with Crippen molar-refractivity contribution in [2.24, 2.45) is 11.3 Å². The molecule has 0 aromatic rings. The molecule has 1 nitrogen and oxygen atoms in total. The highest BCUT2D eigenvalue weighted by molar-refractivity contribution is 5.88. The fourth-order valence-corrected chi connectivity index (χ4v) is 2.66. The monoisotopic (exact) mass is 138 g/mol. The van der Waals surface area contributed by atoms with Gasteiger partial charge in [0.15, 0.2) is 0 Å². The Morgan fingerprint density at radius 2 is 2.50 bits per heavy atom. The van der Waals surface area contributed by atoms with Gasteiger partial charge in [0.2, 0.25) is 0 Å². The standard InChI is InChI=1S/C9H14O/c1-2-9-4-3-7(6-9)5-8(9)10/h7H,2-6H2,1H3. The smallest absolute Gasteiger partial charge is 0.139 e. The van der Waals surface area contributed by atoms with Crippen LogP contribution in [-0.4, -0.2) is 5.78 Å². The minimum Gasteiger partial charge on any atom is -0.299 e. The van der Waals surface area contributed by atoms with Gasteiger partial charge in [0.05, 0.1) is 0 Å². The molecular formula is C9H14O. The van der Waals surface area contributed by atoms with Crippen molar-refractivity contribution in [3.8, 4) is 0 Å². The van der Waals surface area contributed by atoms with Crippen molar-refractivity contribution in [2.75, 3.05) is 0 Å². The van der Waals surface area contributed by atoms with E-state index in [1.165, 1.54) is 19.3 Å². The molecule has 0 amide bonds. The number of carbonyl (C=O) groups excluding carboxylic acids is 1. The second-order valence-corrected chi connectivity index (χ2v) is 3.87. The van der Waals surface area contributed by atoms with Gasteiger partial charge in [-0.2, -0.15) is 0 Å². The molecule has 56 valence electrons. The molecule has 0 aromatic carbocycles. The van der Waals surface area contributed by atoms with Crippen molar-refractivity contribution in [3.63, 3.8) is 0 Å². The van der Waals surface area contributed by atoms with Crippen molar-refractivity contribution in [3.05, 3.63) is 0 Å². The molecule has 2 rings (SSSR count). The maximum absolute atomic E-state index is 11.4. The predicted octanol–water partition coefficient (Wildman–Crippen LogP) is 2.16. The van der Waals surface area contributed by atoms with Crippen molar-refractivity contribution in [1.29, 1.82) is 0 Å². The van der Waals surface area contributed by atoms with E-state index in [9.17, 15) is 4.79 Å². The molecule has 0 N–H and O–H groups in total. The number of ketones is 1. The first-order valence-corrected chi connectivity index (χ1v) is 4.30. The second kappa shape index (κ2) is 1.84. The lowest BCUT2D eigenvalue weighted by atomic mass is 9.81. The molecule has 0 heterocycles. The van der Waals surface area contributed by atoms with E-state index < -0.39 is 0 Å². The van der Waals surface area contributed by atoms with Crippen LogP contribution in [0.2, 0.25) is 0 Å². The van der Waals surface area contributed by atoms with Gasteiger partial charge in [0.1, 0.15) is 5.78 Å². The van der Waals surface area contributed by atoms with E-state index in [2.05, 4.69) is 6.92 Å². The van der Waals surface area contributed by atoms with Crippen LogP contribution in [0.25, 0.3) is 0 Å². The van der Waals surface area contributed by atoms with Crippen molar-refractivity contribution < 1.29 is 4.79 Å². The van der Waals surface area contributed by atoms with Crippen molar-refractivity contribution in [2.45, 2.75) is 39.0 Å². The predicted molar refractivity (Wildman–Crippen MR) is 39.7 cm³/mol. The van der Waals surface area contributed by atoms with Crippen molar-refractivity contribution >= 4 is 5.78 Å². The molecule has 0 aliphatic heterocycles. The Bertz CT molecular complexity index is 174. The summed E-state index contributed by atoms with van der Waals surface area (Å²) in [5, 5.41) is 0. The van der Waals surface area contributed by atoms with Crippen molar-refractivity contribution in [1.82, 2.24) is 0 Å². The molecule has 10 heavy (non-hydrogen) atoms. The molecule has 2 bridgehead atoms. The normalized spacial score (nSPS) is 44.9. The Morgan fingerprint density at radius 3 is 2.80 bits per heavy atom. The van der Waals surface area contributed by atoms with Gasteiger partial charge < -0.3 is 0 Å². The molecule has 0 saturated heterocycles. The number of rotatable bonds is 1. The minimum absolute atomic E-state index is 0.171. The van der Waals surface area contributed by atoms with Crippen LogP contribution in [0.4, 0.5) is 0 Å². The van der Waals surface area contributed by atoms with E-state index in [4.69, 9.17) is 0 Å². The number of Topliss-reactive ketones (excluding diaryl/α,β-unsaturated/α-hetero) is 1. The second-order valence-electron chi connectivity index (χ2n) is 3.87. The Kier molecular flexibility index (Phi) is 1.17. The third-order valence-corrected chi connectivity index (χ3v) is 3.45.